The van der Waals surface area contributed by atoms with Gasteiger partial charge in [-0.15, -0.1) is 0 Å². The number of thiazole rings is 1. The highest BCUT2D eigenvalue weighted by Crippen LogP contribution is 2.33. The number of phenols is 1. The van der Waals surface area contributed by atoms with Crippen LogP contribution in [-0.2, 0) is 9.53 Å². The Morgan fingerprint density at radius 1 is 1.21 bits per heavy atom. The molecule has 1 atom stereocenters. The molecule has 1 unspecified atom stereocenters. The molecular formula is C23H17Cl3N2O4S. The number of carbonyl (C=O) groups is 1. The normalized spacial score (nSPS) is 15.9. The molecule has 0 amide bonds. The van der Waals surface area contributed by atoms with Crippen molar-refractivity contribution >= 4 is 58.2 Å². The Bertz CT molecular complexity index is 1470. The Balaban J connectivity index is 1.98. The first kappa shape index (κ1) is 23.6. The van der Waals surface area contributed by atoms with E-state index in [-0.39, 0.29) is 28.5 Å². The minimum Gasteiger partial charge on any atom is -0.506 e. The smallest absolute Gasteiger partial charge is 0.338 e. The molecule has 1 aromatic heterocycles. The van der Waals surface area contributed by atoms with Gasteiger partial charge in [0, 0.05) is 15.6 Å². The second kappa shape index (κ2) is 9.35. The van der Waals surface area contributed by atoms with E-state index < -0.39 is 12.0 Å². The molecule has 1 aliphatic heterocycles. The number of nitrogens with zero attached hydrogens (tertiary/aromatic N) is 2. The van der Waals surface area contributed by atoms with Gasteiger partial charge in [-0.25, -0.2) is 9.79 Å². The van der Waals surface area contributed by atoms with Gasteiger partial charge in [0.05, 0.1) is 33.5 Å². The molecule has 6 nitrogen and oxygen atoms in total. The van der Waals surface area contributed by atoms with Crippen molar-refractivity contribution in [1.29, 1.82) is 0 Å². The fraction of sp³-hybridized carbons (Fsp3) is 0.174. The zero-order chi connectivity index (χ0) is 23.9. The average Bonchev–Trinajstić information content (AvgIpc) is 3.06. The summed E-state index contributed by atoms with van der Waals surface area (Å²) in [4.78, 5) is 31.3. The van der Waals surface area contributed by atoms with Crippen molar-refractivity contribution in [2.75, 3.05) is 6.61 Å². The number of aromatic hydroxyl groups is 1. The Morgan fingerprint density at radius 3 is 2.58 bits per heavy atom. The summed E-state index contributed by atoms with van der Waals surface area (Å²) in [6.45, 7) is 3.60. The van der Waals surface area contributed by atoms with Crippen molar-refractivity contribution in [2.24, 2.45) is 4.99 Å². The number of benzene rings is 2. The van der Waals surface area contributed by atoms with E-state index in [1.807, 2.05) is 0 Å². The third-order valence-corrected chi connectivity index (χ3v) is 6.79. The number of halogens is 3. The molecule has 1 aliphatic rings. The summed E-state index contributed by atoms with van der Waals surface area (Å²) in [6, 6.07) is 9.05. The summed E-state index contributed by atoms with van der Waals surface area (Å²) < 4.78 is 7.00. The highest BCUT2D eigenvalue weighted by molar-refractivity contribution is 7.07. The number of aromatic nitrogens is 1. The lowest BCUT2D eigenvalue weighted by atomic mass is 9.96. The van der Waals surface area contributed by atoms with E-state index >= 15 is 0 Å². The Labute approximate surface area is 207 Å². The van der Waals surface area contributed by atoms with Gasteiger partial charge in [-0.3, -0.25) is 9.36 Å². The van der Waals surface area contributed by atoms with E-state index in [4.69, 9.17) is 39.5 Å². The molecule has 10 heteroatoms. The van der Waals surface area contributed by atoms with Gasteiger partial charge in [-0.2, -0.15) is 0 Å². The summed E-state index contributed by atoms with van der Waals surface area (Å²) >= 11 is 19.3. The minimum absolute atomic E-state index is 0.0704. The zero-order valence-electron chi connectivity index (χ0n) is 17.4. The van der Waals surface area contributed by atoms with E-state index in [1.165, 1.54) is 22.8 Å². The average molecular weight is 524 g/mol. The van der Waals surface area contributed by atoms with Crippen LogP contribution in [-0.4, -0.2) is 22.2 Å². The summed E-state index contributed by atoms with van der Waals surface area (Å²) in [7, 11) is 0. The molecule has 2 aromatic carbocycles. The first-order chi connectivity index (χ1) is 15.7. The number of esters is 1. The summed E-state index contributed by atoms with van der Waals surface area (Å²) in [5.74, 6) is -0.739. The molecule has 4 rings (SSSR count). The van der Waals surface area contributed by atoms with Crippen LogP contribution in [0.5, 0.6) is 5.75 Å². The molecule has 1 N–H and O–H groups in total. The zero-order valence-corrected chi connectivity index (χ0v) is 20.5. The number of phenolic OH excluding ortho intramolecular Hbond substituents is 1. The first-order valence-electron chi connectivity index (χ1n) is 9.84. The standard InChI is InChI=1S/C23H17Cl3N2O4S/c1-3-32-22(31)18-11(2)27-23-28(19(18)12-4-6-14(24)7-5-12)21(30)17(33-23)9-13-8-15(25)10-16(26)20(13)29/h4-10,19,29H,3H2,1-2H3. The largest absolute Gasteiger partial charge is 0.506 e. The maximum atomic E-state index is 13.5. The number of carbonyl (C=O) groups excluding carboxylic acids is 1. The van der Waals surface area contributed by atoms with Gasteiger partial charge in [0.2, 0.25) is 0 Å². The van der Waals surface area contributed by atoms with Gasteiger partial charge in [0.1, 0.15) is 5.75 Å². The molecular weight excluding hydrogens is 507 g/mol. The van der Waals surface area contributed by atoms with Crippen LogP contribution < -0.4 is 14.9 Å². The third kappa shape index (κ3) is 4.46. The molecule has 0 aliphatic carbocycles. The van der Waals surface area contributed by atoms with Crippen molar-refractivity contribution in [3.05, 3.63) is 93.6 Å². The number of hydrogen-bond acceptors (Lipinski definition) is 6. The lowest BCUT2D eigenvalue weighted by molar-refractivity contribution is -0.139. The van der Waals surface area contributed by atoms with Crippen LogP contribution in [0.1, 0.15) is 31.0 Å². The van der Waals surface area contributed by atoms with Crippen LogP contribution >= 0.6 is 46.1 Å². The van der Waals surface area contributed by atoms with Crippen LogP contribution in [0.25, 0.3) is 6.08 Å². The monoisotopic (exact) mass is 522 g/mol. The highest BCUT2D eigenvalue weighted by Gasteiger charge is 2.33. The van der Waals surface area contributed by atoms with Crippen LogP contribution in [0.15, 0.2) is 57.5 Å². The fourth-order valence-electron chi connectivity index (χ4n) is 3.59. The fourth-order valence-corrected chi connectivity index (χ4v) is 5.26. The van der Waals surface area contributed by atoms with E-state index in [1.54, 1.807) is 38.1 Å². The molecule has 33 heavy (non-hydrogen) atoms. The first-order valence-corrected chi connectivity index (χ1v) is 11.8. The van der Waals surface area contributed by atoms with Crippen molar-refractivity contribution in [1.82, 2.24) is 4.57 Å². The molecule has 0 saturated heterocycles. The second-order valence-electron chi connectivity index (χ2n) is 7.18. The topological polar surface area (TPSA) is 80.9 Å². The van der Waals surface area contributed by atoms with E-state index in [9.17, 15) is 14.7 Å². The summed E-state index contributed by atoms with van der Waals surface area (Å²) in [5, 5.41) is 11.2. The van der Waals surface area contributed by atoms with Gasteiger partial charge in [-0.1, -0.05) is 58.3 Å². The van der Waals surface area contributed by atoms with Crippen molar-refractivity contribution in [2.45, 2.75) is 19.9 Å². The second-order valence-corrected chi connectivity index (χ2v) is 9.47. The van der Waals surface area contributed by atoms with E-state index in [0.29, 0.717) is 36.2 Å². The number of fused-ring (bicyclic) bond motifs is 1. The van der Waals surface area contributed by atoms with Crippen LogP contribution in [0.2, 0.25) is 15.1 Å². The van der Waals surface area contributed by atoms with Gasteiger partial charge in [-0.05, 0) is 49.8 Å². The molecule has 0 fully saturated rings. The Hall–Kier alpha value is -2.58. The van der Waals surface area contributed by atoms with Crippen LogP contribution in [0.4, 0.5) is 0 Å². The maximum absolute atomic E-state index is 13.5. The molecule has 0 saturated carbocycles. The lowest BCUT2D eigenvalue weighted by Gasteiger charge is -2.24. The number of rotatable bonds is 4. The Morgan fingerprint density at radius 2 is 1.91 bits per heavy atom. The van der Waals surface area contributed by atoms with Crippen LogP contribution in [0.3, 0.4) is 0 Å². The van der Waals surface area contributed by atoms with Gasteiger partial charge in [0.25, 0.3) is 5.56 Å². The summed E-state index contributed by atoms with van der Waals surface area (Å²) in [5.41, 5.74) is 1.31. The predicted molar refractivity (Wildman–Crippen MR) is 130 cm³/mol. The molecule has 0 spiro atoms. The van der Waals surface area contributed by atoms with E-state index in [0.717, 1.165) is 11.3 Å². The third-order valence-electron chi connectivity index (χ3n) is 5.05. The van der Waals surface area contributed by atoms with Gasteiger partial charge < -0.3 is 9.84 Å². The quantitative estimate of drug-likeness (QED) is 0.512. The SMILES string of the molecule is CCOC(=O)C1=C(C)N=c2sc(=Cc3cc(Cl)cc(Cl)c3O)c(=O)n2C1c1ccc(Cl)cc1. The number of ether oxygens (including phenoxy) is 1. The highest BCUT2D eigenvalue weighted by atomic mass is 35.5. The molecule has 0 radical (unpaired) electrons. The minimum atomic E-state index is -0.753. The van der Waals surface area contributed by atoms with Crippen molar-refractivity contribution < 1.29 is 14.6 Å². The van der Waals surface area contributed by atoms with Crippen molar-refractivity contribution in [3.8, 4) is 5.75 Å². The predicted octanol–water partition coefficient (Wildman–Crippen LogP) is 4.46. The van der Waals surface area contributed by atoms with Crippen LogP contribution in [0, 0.1) is 0 Å². The van der Waals surface area contributed by atoms with Gasteiger partial charge in [0.15, 0.2) is 4.80 Å². The van der Waals surface area contributed by atoms with Crippen molar-refractivity contribution in [3.63, 3.8) is 0 Å². The Kier molecular flexibility index (Phi) is 6.68. The molecule has 2 heterocycles. The lowest BCUT2D eigenvalue weighted by Crippen LogP contribution is -2.39. The maximum Gasteiger partial charge on any atom is 0.338 e. The number of hydrogen-bond donors (Lipinski definition) is 1. The van der Waals surface area contributed by atoms with Gasteiger partial charge >= 0.3 is 5.97 Å². The molecule has 3 aromatic rings. The number of allylic oxidation sites excluding steroid dienone is 1. The molecule has 170 valence electrons. The molecule has 0 bridgehead atoms. The van der Waals surface area contributed by atoms with E-state index in [2.05, 4.69) is 4.99 Å². The summed E-state index contributed by atoms with van der Waals surface area (Å²) in [6.07, 6.45) is 1.50.